The molecule has 9 rings (SSSR count). The van der Waals surface area contributed by atoms with Gasteiger partial charge in [0, 0.05) is 26.9 Å². The fraction of sp³-hybridized carbons (Fsp3) is 0.0606. The summed E-state index contributed by atoms with van der Waals surface area (Å²) in [6, 6.07) is 32.1. The first-order valence-corrected chi connectivity index (χ1v) is 12.6. The summed E-state index contributed by atoms with van der Waals surface area (Å²) in [5, 5.41) is 8.17. The molecule has 0 spiro atoms. The molecule has 0 amide bonds. The van der Waals surface area contributed by atoms with Gasteiger partial charge in [-0.3, -0.25) is 0 Å². The lowest BCUT2D eigenvalue weighted by Crippen LogP contribution is -2.27. The van der Waals surface area contributed by atoms with E-state index in [9.17, 15) is 0 Å². The molecular formula is C33H21N2O2+. The molecule has 37 heavy (non-hydrogen) atoms. The van der Waals surface area contributed by atoms with Crippen LogP contribution in [0.4, 0.5) is 0 Å². The van der Waals surface area contributed by atoms with Gasteiger partial charge >= 0.3 is 0 Å². The van der Waals surface area contributed by atoms with Crippen LogP contribution in [0.2, 0.25) is 0 Å². The van der Waals surface area contributed by atoms with Crippen molar-refractivity contribution in [3.05, 3.63) is 96.6 Å². The highest BCUT2D eigenvalue weighted by Crippen LogP contribution is 2.41. The zero-order valence-corrected chi connectivity index (χ0v) is 20.4. The van der Waals surface area contributed by atoms with Crippen LogP contribution in [0.25, 0.3) is 82.2 Å². The van der Waals surface area contributed by atoms with Crippen LogP contribution >= 0.6 is 0 Å². The summed E-state index contributed by atoms with van der Waals surface area (Å²) in [4.78, 5) is 0. The van der Waals surface area contributed by atoms with Gasteiger partial charge in [-0.05, 0) is 48.9 Å². The largest absolute Gasteiger partial charge is 0.456 e. The van der Waals surface area contributed by atoms with E-state index >= 15 is 0 Å². The van der Waals surface area contributed by atoms with Crippen LogP contribution in [0.15, 0.2) is 99.8 Å². The van der Waals surface area contributed by atoms with Crippen molar-refractivity contribution in [3.8, 4) is 0 Å². The second-order valence-electron chi connectivity index (χ2n) is 10.1. The Balaban J connectivity index is 1.59. The van der Waals surface area contributed by atoms with E-state index < -0.39 is 0 Å². The molecule has 0 unspecified atom stereocenters. The summed E-state index contributed by atoms with van der Waals surface area (Å²) >= 11 is 0. The van der Waals surface area contributed by atoms with Crippen molar-refractivity contribution in [1.29, 1.82) is 0 Å². The topological polar surface area (TPSA) is 34.6 Å². The van der Waals surface area contributed by atoms with Gasteiger partial charge in [0.1, 0.15) is 27.8 Å². The lowest BCUT2D eigenvalue weighted by atomic mass is 10.0. The van der Waals surface area contributed by atoms with E-state index in [0.29, 0.717) is 0 Å². The van der Waals surface area contributed by atoms with E-state index in [1.165, 1.54) is 38.4 Å². The number of para-hydroxylation sites is 2. The van der Waals surface area contributed by atoms with Crippen LogP contribution < -0.4 is 4.57 Å². The third-order valence-corrected chi connectivity index (χ3v) is 8.13. The van der Waals surface area contributed by atoms with Crippen molar-refractivity contribution in [2.75, 3.05) is 0 Å². The summed E-state index contributed by atoms with van der Waals surface area (Å²) in [5.41, 5.74) is 9.50. The number of pyridine rings is 1. The summed E-state index contributed by atoms with van der Waals surface area (Å²) < 4.78 is 17.5. The maximum absolute atomic E-state index is 6.50. The molecule has 4 heteroatoms. The number of rotatable bonds is 0. The number of nitrogens with zero attached hydrogens (tertiary/aromatic N) is 2. The molecular weight excluding hydrogens is 456 g/mol. The van der Waals surface area contributed by atoms with Crippen molar-refractivity contribution < 1.29 is 13.4 Å². The molecule has 0 aliphatic rings. The van der Waals surface area contributed by atoms with Gasteiger partial charge in [-0.25, -0.2) is 4.57 Å². The van der Waals surface area contributed by atoms with Crippen LogP contribution in [0.5, 0.6) is 0 Å². The second kappa shape index (κ2) is 6.48. The Morgan fingerprint density at radius 2 is 1.32 bits per heavy atom. The first kappa shape index (κ1) is 19.4. The smallest absolute Gasteiger partial charge is 0.295 e. The minimum atomic E-state index is 0.875. The van der Waals surface area contributed by atoms with E-state index in [4.69, 9.17) is 8.83 Å². The van der Waals surface area contributed by atoms with Crippen LogP contribution in [0, 0.1) is 6.92 Å². The average molecular weight is 478 g/mol. The third kappa shape index (κ3) is 2.27. The second-order valence-corrected chi connectivity index (χ2v) is 10.1. The maximum Gasteiger partial charge on any atom is 0.295 e. The van der Waals surface area contributed by atoms with Gasteiger partial charge in [0.25, 0.3) is 5.65 Å². The van der Waals surface area contributed by atoms with Gasteiger partial charge in [-0.15, -0.1) is 0 Å². The number of hydrogen-bond donors (Lipinski definition) is 0. The molecule has 174 valence electrons. The van der Waals surface area contributed by atoms with Crippen molar-refractivity contribution >= 4 is 82.2 Å². The average Bonchev–Trinajstić information content (AvgIpc) is 3.56. The molecule has 0 aliphatic carbocycles. The quantitative estimate of drug-likeness (QED) is 0.163. The molecule has 0 saturated carbocycles. The first-order valence-electron chi connectivity index (χ1n) is 12.6. The van der Waals surface area contributed by atoms with Gasteiger partial charge in [0.2, 0.25) is 0 Å². The molecule has 0 radical (unpaired) electrons. The fourth-order valence-electron chi connectivity index (χ4n) is 6.52. The number of fused-ring (bicyclic) bond motifs is 15. The fourth-order valence-corrected chi connectivity index (χ4v) is 6.52. The summed E-state index contributed by atoms with van der Waals surface area (Å²) in [7, 11) is 2.17. The van der Waals surface area contributed by atoms with Gasteiger partial charge in [-0.2, -0.15) is 4.40 Å². The minimum absolute atomic E-state index is 0.875. The van der Waals surface area contributed by atoms with Crippen LogP contribution in [-0.4, -0.2) is 4.40 Å². The number of furan rings is 2. The predicted octanol–water partition coefficient (Wildman–Crippen LogP) is 8.33. The van der Waals surface area contributed by atoms with E-state index in [-0.39, 0.29) is 0 Å². The number of imidazole rings is 1. The molecule has 0 saturated heterocycles. The number of aryl methyl sites for hydroxylation is 2. The van der Waals surface area contributed by atoms with Crippen molar-refractivity contribution in [3.63, 3.8) is 0 Å². The molecule has 5 aromatic carbocycles. The molecule has 0 fully saturated rings. The number of aromatic nitrogens is 2. The molecule has 4 nitrogen and oxygen atoms in total. The summed E-state index contributed by atoms with van der Waals surface area (Å²) in [6.45, 7) is 2.20. The number of benzene rings is 5. The van der Waals surface area contributed by atoms with Crippen molar-refractivity contribution in [2.45, 2.75) is 6.92 Å². The Labute approximate surface area is 210 Å². The summed E-state index contributed by atoms with van der Waals surface area (Å²) in [6.07, 6.45) is 0. The number of hydrogen-bond acceptors (Lipinski definition) is 2. The van der Waals surface area contributed by atoms with Gasteiger partial charge in [0.05, 0.1) is 17.8 Å². The lowest BCUT2D eigenvalue weighted by Gasteiger charge is -2.06. The minimum Gasteiger partial charge on any atom is -0.456 e. The zero-order valence-electron chi connectivity index (χ0n) is 20.4. The SMILES string of the molecule is Cc1cccc2c3ccccc3n3c4c5c(ccc4[n+](C)c3c12)oc1cc2c(cc15)oc1ccccc12. The van der Waals surface area contributed by atoms with Crippen molar-refractivity contribution in [1.82, 2.24) is 4.40 Å². The molecule has 4 heterocycles. The van der Waals surface area contributed by atoms with Crippen molar-refractivity contribution in [2.24, 2.45) is 7.05 Å². The van der Waals surface area contributed by atoms with Gasteiger partial charge < -0.3 is 8.83 Å². The van der Waals surface area contributed by atoms with Gasteiger partial charge in [-0.1, -0.05) is 54.6 Å². The highest BCUT2D eigenvalue weighted by Gasteiger charge is 2.28. The highest BCUT2D eigenvalue weighted by atomic mass is 16.3. The highest BCUT2D eigenvalue weighted by molar-refractivity contribution is 6.23. The van der Waals surface area contributed by atoms with E-state index in [1.54, 1.807) is 0 Å². The standard InChI is InChI=1S/C33H21N2O2/c1-18-8-7-11-21-19-9-3-5-12-24(19)35-32-25(34(2)33(35)30(18)21)14-15-27-31(32)23-17-28-22(16-29(23)37-27)20-10-4-6-13-26(20)36-28/h3-17H,1-2H3/q+1. The monoisotopic (exact) mass is 477 g/mol. The molecule has 0 aliphatic heterocycles. The third-order valence-electron chi connectivity index (χ3n) is 8.13. The maximum atomic E-state index is 6.50. The van der Waals surface area contributed by atoms with E-state index in [1.807, 2.05) is 18.2 Å². The lowest BCUT2D eigenvalue weighted by molar-refractivity contribution is -0.617. The van der Waals surface area contributed by atoms with Gasteiger partial charge in [0.15, 0.2) is 11.0 Å². The molecule has 0 atom stereocenters. The Morgan fingerprint density at radius 1 is 0.595 bits per heavy atom. The van der Waals surface area contributed by atoms with Crippen LogP contribution in [0.3, 0.4) is 0 Å². The molecule has 9 aromatic rings. The first-order chi connectivity index (χ1) is 18.2. The Bertz CT molecular complexity index is 2440. The normalized spacial score (nSPS) is 12.6. The van der Waals surface area contributed by atoms with E-state index in [2.05, 4.69) is 95.7 Å². The Morgan fingerprint density at radius 3 is 2.24 bits per heavy atom. The predicted molar refractivity (Wildman–Crippen MR) is 150 cm³/mol. The zero-order chi connectivity index (χ0) is 24.4. The Hall–Kier alpha value is -4.83. The summed E-state index contributed by atoms with van der Waals surface area (Å²) in [5.74, 6) is 0. The molecule has 0 N–H and O–H groups in total. The van der Waals surface area contributed by atoms with Crippen LogP contribution in [0.1, 0.15) is 5.56 Å². The Kier molecular flexibility index (Phi) is 3.39. The van der Waals surface area contributed by atoms with E-state index in [0.717, 1.165) is 49.4 Å². The van der Waals surface area contributed by atoms with Crippen LogP contribution in [-0.2, 0) is 7.05 Å². The molecule has 4 aromatic heterocycles. The molecule has 0 bridgehead atoms.